The maximum absolute atomic E-state index is 9.16. The Morgan fingerprint density at radius 2 is 1.27 bits per heavy atom. The molecule has 0 bridgehead atoms. The lowest BCUT2D eigenvalue weighted by molar-refractivity contribution is 0.358. The average Bonchev–Trinajstić information content (AvgIpc) is 3.87. The molecule has 2 aliphatic carbocycles. The van der Waals surface area contributed by atoms with Crippen molar-refractivity contribution in [1.29, 1.82) is 21.0 Å². The lowest BCUT2D eigenvalue weighted by Gasteiger charge is -2.35. The standard InChI is InChI=1S/C33H17N5S6/c34-13-17(14-35)10-19-4-6-21(39-19)23-12-24-27(41-23)25-28(42-24)29-26(33(25)8-2-1-3-9-33)30-32(43-29)38-31(44-30)22-7-5-20(40-22)11-18(15-36)16-37/h4-7,10-12H,1-3,8-9H2. The third kappa shape index (κ3) is 4.17. The number of aromatic nitrogens is 1. The minimum Gasteiger partial charge on any atom is -0.224 e. The number of thiazole rings is 1. The monoisotopic (exact) mass is 675 g/mol. The molecule has 6 aromatic heterocycles. The van der Waals surface area contributed by atoms with Crippen LogP contribution < -0.4 is 0 Å². The van der Waals surface area contributed by atoms with Crippen molar-refractivity contribution in [3.63, 3.8) is 0 Å². The molecule has 0 N–H and O–H groups in total. The van der Waals surface area contributed by atoms with Crippen LogP contribution >= 0.6 is 68.0 Å². The van der Waals surface area contributed by atoms with E-state index in [1.165, 1.54) is 59.1 Å². The van der Waals surface area contributed by atoms with Gasteiger partial charge in [0.15, 0.2) is 0 Å². The van der Waals surface area contributed by atoms with E-state index in [0.29, 0.717) is 0 Å². The second-order valence-corrected chi connectivity index (χ2v) is 17.0. The molecule has 8 rings (SSSR count). The maximum atomic E-state index is 9.16. The number of hydrogen-bond acceptors (Lipinski definition) is 11. The Morgan fingerprint density at radius 1 is 0.659 bits per heavy atom. The highest BCUT2D eigenvalue weighted by Crippen LogP contribution is 2.66. The van der Waals surface area contributed by atoms with Crippen molar-refractivity contribution in [2.24, 2.45) is 0 Å². The van der Waals surface area contributed by atoms with Crippen LogP contribution in [0.5, 0.6) is 0 Å². The highest BCUT2D eigenvalue weighted by atomic mass is 32.1. The average molecular weight is 676 g/mol. The minimum atomic E-state index is 0.0149. The molecule has 0 aromatic carbocycles. The molecule has 44 heavy (non-hydrogen) atoms. The molecule has 6 aromatic rings. The Labute approximate surface area is 276 Å². The van der Waals surface area contributed by atoms with Gasteiger partial charge in [0.05, 0.1) is 24.0 Å². The van der Waals surface area contributed by atoms with E-state index >= 15 is 0 Å². The van der Waals surface area contributed by atoms with E-state index in [9.17, 15) is 0 Å². The number of rotatable bonds is 4. The van der Waals surface area contributed by atoms with Crippen LogP contribution in [-0.4, -0.2) is 4.98 Å². The number of fused-ring (bicyclic) bond motifs is 9. The summed E-state index contributed by atoms with van der Waals surface area (Å²) >= 11 is 10.6. The minimum absolute atomic E-state index is 0.0149. The number of nitriles is 4. The fourth-order valence-corrected chi connectivity index (χ4v) is 14.1. The van der Waals surface area contributed by atoms with E-state index in [2.05, 4.69) is 12.1 Å². The molecule has 1 saturated carbocycles. The van der Waals surface area contributed by atoms with Crippen LogP contribution in [0.25, 0.3) is 60.5 Å². The molecule has 0 amide bonds. The van der Waals surface area contributed by atoms with Gasteiger partial charge in [-0.25, -0.2) is 4.98 Å². The number of hydrogen-bond donors (Lipinski definition) is 0. The van der Waals surface area contributed by atoms with Crippen molar-refractivity contribution < 1.29 is 0 Å². The molecule has 2 aliphatic rings. The SMILES string of the molecule is N#CC(C#N)=Cc1ccc(-c2cc3sc4c(c3s2)C2(CCCCC2)c2c-4sc3nc(-c4ccc(C=C(C#N)C#N)s4)sc23)s1. The van der Waals surface area contributed by atoms with Gasteiger partial charge >= 0.3 is 0 Å². The normalized spacial score (nSPS) is 14.5. The number of allylic oxidation sites excluding steroid dienone is 2. The third-order valence-corrected chi connectivity index (χ3v) is 15.5. The summed E-state index contributed by atoms with van der Waals surface area (Å²) in [5.41, 5.74) is 3.27. The zero-order valence-corrected chi connectivity index (χ0v) is 27.7. The van der Waals surface area contributed by atoms with Crippen LogP contribution in [0.4, 0.5) is 0 Å². The van der Waals surface area contributed by atoms with E-state index in [1.807, 2.05) is 76.5 Å². The van der Waals surface area contributed by atoms with E-state index in [1.54, 1.807) is 46.2 Å². The Kier molecular flexibility index (Phi) is 6.67. The van der Waals surface area contributed by atoms with Crippen molar-refractivity contribution in [2.45, 2.75) is 37.5 Å². The first kappa shape index (κ1) is 27.6. The highest BCUT2D eigenvalue weighted by Gasteiger charge is 2.49. The predicted octanol–water partition coefficient (Wildman–Crippen LogP) is 11.2. The topological polar surface area (TPSA) is 108 Å². The molecule has 11 heteroatoms. The molecular weight excluding hydrogens is 659 g/mol. The molecule has 0 unspecified atom stereocenters. The summed E-state index contributed by atoms with van der Waals surface area (Å²) in [6.45, 7) is 0. The molecule has 0 saturated heterocycles. The van der Waals surface area contributed by atoms with Gasteiger partial charge in [0.1, 0.15) is 45.3 Å². The molecule has 0 atom stereocenters. The Bertz CT molecular complexity index is 2190. The van der Waals surface area contributed by atoms with Crippen LogP contribution in [0, 0.1) is 45.3 Å². The van der Waals surface area contributed by atoms with Crippen LogP contribution in [-0.2, 0) is 5.41 Å². The zero-order valence-electron chi connectivity index (χ0n) is 22.8. The van der Waals surface area contributed by atoms with Gasteiger partial charge in [-0.05, 0) is 55.3 Å². The fraction of sp³-hybridized carbons (Fsp3) is 0.182. The fourth-order valence-electron chi connectivity index (χ4n) is 6.44. The molecule has 6 heterocycles. The van der Waals surface area contributed by atoms with Crippen LogP contribution in [0.2, 0.25) is 0 Å². The van der Waals surface area contributed by atoms with Gasteiger partial charge in [-0.3, -0.25) is 0 Å². The molecule has 0 radical (unpaired) electrons. The van der Waals surface area contributed by atoms with Crippen molar-refractivity contribution >= 4 is 99.1 Å². The van der Waals surface area contributed by atoms with Gasteiger partial charge in [0.2, 0.25) is 0 Å². The highest BCUT2D eigenvalue weighted by molar-refractivity contribution is 7.36. The number of nitrogens with zero attached hydrogens (tertiary/aromatic N) is 5. The molecule has 210 valence electrons. The molecule has 5 nitrogen and oxygen atoms in total. The zero-order chi connectivity index (χ0) is 30.0. The molecular formula is C33H17N5S6. The van der Waals surface area contributed by atoms with Gasteiger partial charge in [-0.15, -0.1) is 68.0 Å². The summed E-state index contributed by atoms with van der Waals surface area (Å²) in [6.07, 6.45) is 9.33. The van der Waals surface area contributed by atoms with Crippen molar-refractivity contribution in [1.82, 2.24) is 4.98 Å². The first-order valence-electron chi connectivity index (χ1n) is 13.8. The van der Waals surface area contributed by atoms with Crippen molar-refractivity contribution in [3.05, 3.63) is 62.4 Å². The summed E-state index contributed by atoms with van der Waals surface area (Å²) in [5, 5.41) is 37.6. The van der Waals surface area contributed by atoms with Crippen LogP contribution in [0.15, 0.2) is 41.5 Å². The maximum Gasteiger partial charge on any atom is 0.136 e. The molecule has 1 fully saturated rings. The van der Waals surface area contributed by atoms with Crippen molar-refractivity contribution in [2.75, 3.05) is 0 Å². The predicted molar refractivity (Wildman–Crippen MR) is 185 cm³/mol. The van der Waals surface area contributed by atoms with Crippen molar-refractivity contribution in [3.8, 4) is 53.7 Å². The third-order valence-electron chi connectivity index (χ3n) is 8.25. The quantitative estimate of drug-likeness (QED) is 0.173. The molecule has 1 spiro atoms. The van der Waals surface area contributed by atoms with Gasteiger partial charge in [-0.1, -0.05) is 19.3 Å². The lowest BCUT2D eigenvalue weighted by atomic mass is 9.68. The Hall–Kier alpha value is -3.91. The largest absolute Gasteiger partial charge is 0.224 e. The van der Waals surface area contributed by atoms with E-state index in [4.69, 9.17) is 26.0 Å². The molecule has 0 aliphatic heterocycles. The van der Waals surface area contributed by atoms with Gasteiger partial charge in [-0.2, -0.15) is 21.0 Å². The van der Waals surface area contributed by atoms with Gasteiger partial charge in [0.25, 0.3) is 0 Å². The van der Waals surface area contributed by atoms with E-state index in [0.717, 1.165) is 42.2 Å². The summed E-state index contributed by atoms with van der Waals surface area (Å²) < 4.78 is 4.06. The summed E-state index contributed by atoms with van der Waals surface area (Å²) in [7, 11) is 0. The first-order valence-corrected chi connectivity index (χ1v) is 18.7. The smallest absolute Gasteiger partial charge is 0.136 e. The Balaban J connectivity index is 1.22. The van der Waals surface area contributed by atoms with Crippen LogP contribution in [0.3, 0.4) is 0 Å². The summed E-state index contributed by atoms with van der Waals surface area (Å²) in [6, 6.07) is 18.2. The second-order valence-electron chi connectivity index (χ2n) is 10.7. The van der Waals surface area contributed by atoms with Crippen LogP contribution in [0.1, 0.15) is 53.0 Å². The Morgan fingerprint density at radius 3 is 1.95 bits per heavy atom. The summed E-state index contributed by atoms with van der Waals surface area (Å²) in [4.78, 5) is 14.3. The van der Waals surface area contributed by atoms with Gasteiger partial charge in [0, 0.05) is 40.8 Å². The lowest BCUT2D eigenvalue weighted by Crippen LogP contribution is -2.27. The number of thiophene rings is 5. The van der Waals surface area contributed by atoms with Gasteiger partial charge < -0.3 is 0 Å². The summed E-state index contributed by atoms with van der Waals surface area (Å²) in [5.74, 6) is 0. The van der Waals surface area contributed by atoms with E-state index < -0.39 is 0 Å². The first-order chi connectivity index (χ1) is 21.5. The van der Waals surface area contributed by atoms with E-state index in [-0.39, 0.29) is 16.6 Å². The second kappa shape index (κ2) is 10.6.